The summed E-state index contributed by atoms with van der Waals surface area (Å²) in [6.07, 6.45) is -1.48. The molecule has 1 aromatic heterocycles. The van der Waals surface area contributed by atoms with Crippen molar-refractivity contribution in [2.45, 2.75) is 13.0 Å². The monoisotopic (exact) mass is 319 g/mol. The third kappa shape index (κ3) is 2.26. The number of alkyl halides is 2. The van der Waals surface area contributed by atoms with Gasteiger partial charge in [0.2, 0.25) is 0 Å². The van der Waals surface area contributed by atoms with Gasteiger partial charge in [0.25, 0.3) is 6.43 Å². The van der Waals surface area contributed by atoms with Gasteiger partial charge in [0.1, 0.15) is 5.69 Å². The predicted molar refractivity (Wildman–Crippen MR) is 52.8 cm³/mol. The molecule has 2 nitrogen and oxygen atoms in total. The first kappa shape index (κ1) is 11.1. The highest BCUT2D eigenvalue weighted by molar-refractivity contribution is 14.1. The lowest BCUT2D eigenvalue weighted by Gasteiger charge is -2.06. The Labute approximate surface area is 92.1 Å². The first-order valence-electron chi connectivity index (χ1n) is 3.29. The fourth-order valence-electron chi connectivity index (χ4n) is 0.777. The van der Waals surface area contributed by atoms with Crippen LogP contribution in [0.1, 0.15) is 17.7 Å². The maximum atomic E-state index is 12.3. The molecule has 0 bridgehead atoms. The van der Waals surface area contributed by atoms with E-state index in [1.807, 2.05) is 0 Å². The van der Waals surface area contributed by atoms with Crippen LogP contribution < -0.4 is 0 Å². The molecule has 1 heterocycles. The van der Waals surface area contributed by atoms with Crippen LogP contribution in [-0.4, -0.2) is 10.1 Å². The van der Waals surface area contributed by atoms with E-state index in [-0.39, 0.29) is 20.9 Å². The molecule has 0 saturated heterocycles. The molecule has 0 radical (unpaired) electrons. The van der Waals surface area contributed by atoms with Crippen LogP contribution in [0, 0.1) is 3.57 Å². The fourth-order valence-corrected chi connectivity index (χ4v) is 1.70. The second-order valence-electron chi connectivity index (χ2n) is 2.26. The van der Waals surface area contributed by atoms with Gasteiger partial charge in [-0.1, -0.05) is 11.6 Å². The average Bonchev–Trinajstić information content (AvgIpc) is 2.09. The maximum Gasteiger partial charge on any atom is 0.281 e. The van der Waals surface area contributed by atoms with Crippen molar-refractivity contribution in [1.29, 1.82) is 0 Å². The van der Waals surface area contributed by atoms with E-state index in [4.69, 9.17) is 16.7 Å². The summed E-state index contributed by atoms with van der Waals surface area (Å²) >= 11 is 7.39. The van der Waals surface area contributed by atoms with Crippen LogP contribution in [-0.2, 0) is 6.61 Å². The molecular weight excluding hydrogens is 314 g/mol. The van der Waals surface area contributed by atoms with Gasteiger partial charge >= 0.3 is 0 Å². The lowest BCUT2D eigenvalue weighted by Crippen LogP contribution is -1.99. The highest BCUT2D eigenvalue weighted by atomic mass is 127. The van der Waals surface area contributed by atoms with Crippen molar-refractivity contribution in [1.82, 2.24) is 4.98 Å². The van der Waals surface area contributed by atoms with Crippen molar-refractivity contribution in [3.8, 4) is 0 Å². The van der Waals surface area contributed by atoms with Gasteiger partial charge in [-0.25, -0.2) is 8.78 Å². The van der Waals surface area contributed by atoms with E-state index in [1.54, 1.807) is 22.6 Å². The first-order valence-corrected chi connectivity index (χ1v) is 4.75. The zero-order valence-corrected chi connectivity index (χ0v) is 9.18. The quantitative estimate of drug-likeness (QED) is 0.850. The number of hydrogen-bond donors (Lipinski definition) is 1. The summed E-state index contributed by atoms with van der Waals surface area (Å²) in [5, 5.41) is 8.90. The summed E-state index contributed by atoms with van der Waals surface area (Å²) < 4.78 is 24.7. The molecule has 1 N–H and O–H groups in total. The Bertz CT molecular complexity index is 322. The van der Waals surface area contributed by atoms with E-state index in [2.05, 4.69) is 4.98 Å². The van der Waals surface area contributed by atoms with Gasteiger partial charge in [0.15, 0.2) is 0 Å². The zero-order chi connectivity index (χ0) is 10.0. The van der Waals surface area contributed by atoms with Gasteiger partial charge in [-0.3, -0.25) is 4.98 Å². The SMILES string of the molecule is OCc1cnc(C(F)F)c(I)c1Cl. The Hall–Kier alpha value is -0.0100. The second kappa shape index (κ2) is 4.47. The highest BCUT2D eigenvalue weighted by Gasteiger charge is 2.17. The van der Waals surface area contributed by atoms with E-state index in [0.29, 0.717) is 5.56 Å². The van der Waals surface area contributed by atoms with Crippen molar-refractivity contribution in [3.63, 3.8) is 0 Å². The van der Waals surface area contributed by atoms with E-state index in [9.17, 15) is 8.78 Å². The molecule has 1 rings (SSSR count). The lowest BCUT2D eigenvalue weighted by atomic mass is 10.2. The molecule has 6 heteroatoms. The molecule has 0 amide bonds. The van der Waals surface area contributed by atoms with Crippen LogP contribution in [0.5, 0.6) is 0 Å². The third-order valence-electron chi connectivity index (χ3n) is 1.44. The van der Waals surface area contributed by atoms with Crippen molar-refractivity contribution >= 4 is 34.2 Å². The molecular formula is C7H5ClF2INO. The Morgan fingerprint density at radius 1 is 1.62 bits per heavy atom. The number of aromatic nitrogens is 1. The van der Waals surface area contributed by atoms with Crippen molar-refractivity contribution in [3.05, 3.63) is 26.0 Å². The largest absolute Gasteiger partial charge is 0.392 e. The van der Waals surface area contributed by atoms with Gasteiger partial charge in [0.05, 0.1) is 15.2 Å². The normalized spacial score (nSPS) is 10.9. The number of halogens is 4. The minimum atomic E-state index is -2.64. The Kier molecular flexibility index (Phi) is 3.81. The Morgan fingerprint density at radius 3 is 2.69 bits per heavy atom. The molecule has 0 fully saturated rings. The topological polar surface area (TPSA) is 33.1 Å². The highest BCUT2D eigenvalue weighted by Crippen LogP contribution is 2.30. The third-order valence-corrected chi connectivity index (χ3v) is 3.28. The number of aliphatic hydroxyl groups excluding tert-OH is 1. The zero-order valence-electron chi connectivity index (χ0n) is 6.27. The summed E-state index contributed by atoms with van der Waals surface area (Å²) in [6.45, 7) is -0.300. The van der Waals surface area contributed by atoms with Gasteiger partial charge in [-0.15, -0.1) is 0 Å². The molecule has 72 valence electrons. The number of pyridine rings is 1. The standard InChI is InChI=1S/C7H5ClF2INO/c8-4-3(2-13)1-12-6(5(4)11)7(9)10/h1,7,13H,2H2. The van der Waals surface area contributed by atoms with Gasteiger partial charge < -0.3 is 5.11 Å². The number of hydrogen-bond acceptors (Lipinski definition) is 2. The van der Waals surface area contributed by atoms with Crippen molar-refractivity contribution in [2.24, 2.45) is 0 Å². The molecule has 0 aliphatic carbocycles. The fraction of sp³-hybridized carbons (Fsp3) is 0.286. The molecule has 13 heavy (non-hydrogen) atoms. The molecule has 0 aliphatic heterocycles. The van der Waals surface area contributed by atoms with E-state index >= 15 is 0 Å². The van der Waals surface area contributed by atoms with Crippen LogP contribution in [0.25, 0.3) is 0 Å². The summed E-state index contributed by atoms with van der Waals surface area (Å²) in [7, 11) is 0. The van der Waals surface area contributed by atoms with E-state index in [0.717, 1.165) is 6.20 Å². The van der Waals surface area contributed by atoms with Gasteiger partial charge in [0, 0.05) is 11.8 Å². The molecule has 0 aliphatic rings. The van der Waals surface area contributed by atoms with E-state index < -0.39 is 6.43 Å². The molecule has 1 aromatic rings. The molecule has 0 unspecified atom stereocenters. The van der Waals surface area contributed by atoms with Crippen LogP contribution in [0.4, 0.5) is 8.78 Å². The molecule has 0 spiro atoms. The van der Waals surface area contributed by atoms with Crippen LogP contribution in [0.15, 0.2) is 6.20 Å². The average molecular weight is 319 g/mol. The second-order valence-corrected chi connectivity index (χ2v) is 3.71. The molecule has 0 saturated carbocycles. The van der Waals surface area contributed by atoms with Crippen LogP contribution in [0.3, 0.4) is 0 Å². The van der Waals surface area contributed by atoms with Gasteiger partial charge in [-0.2, -0.15) is 0 Å². The Balaban J connectivity index is 3.23. The smallest absolute Gasteiger partial charge is 0.281 e. The predicted octanol–water partition coefficient (Wildman–Crippen LogP) is 2.77. The van der Waals surface area contributed by atoms with Crippen molar-refractivity contribution in [2.75, 3.05) is 0 Å². The Morgan fingerprint density at radius 2 is 2.23 bits per heavy atom. The van der Waals surface area contributed by atoms with Gasteiger partial charge in [-0.05, 0) is 22.6 Å². The summed E-state index contributed by atoms with van der Waals surface area (Å²) in [5.41, 5.74) is 0.0123. The van der Waals surface area contributed by atoms with Crippen LogP contribution >= 0.6 is 34.2 Å². The summed E-state index contributed by atoms with van der Waals surface area (Å²) in [4.78, 5) is 3.51. The number of nitrogens with zero attached hydrogens (tertiary/aromatic N) is 1. The lowest BCUT2D eigenvalue weighted by molar-refractivity contribution is 0.145. The van der Waals surface area contributed by atoms with E-state index in [1.165, 1.54) is 0 Å². The number of rotatable bonds is 2. The molecule has 0 atom stereocenters. The minimum Gasteiger partial charge on any atom is -0.392 e. The summed E-state index contributed by atoms with van der Waals surface area (Å²) in [6, 6.07) is 0. The molecule has 0 aromatic carbocycles. The summed E-state index contributed by atoms with van der Waals surface area (Å²) in [5.74, 6) is 0. The van der Waals surface area contributed by atoms with Crippen LogP contribution in [0.2, 0.25) is 5.02 Å². The maximum absolute atomic E-state index is 12.3. The minimum absolute atomic E-state index is 0.147. The first-order chi connectivity index (χ1) is 6.07. The van der Waals surface area contributed by atoms with Crippen molar-refractivity contribution < 1.29 is 13.9 Å². The number of aliphatic hydroxyl groups is 1.